The zero-order chi connectivity index (χ0) is 32.4. The normalized spacial score (nSPS) is 11.8. The number of nitrogens with one attached hydrogen (secondary N) is 1. The quantitative estimate of drug-likeness (QED) is 0.169. The molecule has 11 heteroatoms. The maximum Gasteiger partial charge on any atom is 0.264 e. The summed E-state index contributed by atoms with van der Waals surface area (Å²) in [6.07, 6.45) is 0.168. The maximum absolute atomic E-state index is 14.6. The van der Waals surface area contributed by atoms with Gasteiger partial charge in [0, 0.05) is 35.1 Å². The van der Waals surface area contributed by atoms with E-state index in [1.165, 1.54) is 17.0 Å². The Balaban J connectivity index is 1.86. The number of likely N-dealkylation sites (N-methyl/N-ethyl adjacent to an activating group) is 1. The molecule has 8 nitrogen and oxygen atoms in total. The number of anilines is 1. The molecule has 0 bridgehead atoms. The van der Waals surface area contributed by atoms with E-state index in [2.05, 4.69) is 5.32 Å². The second kappa shape index (κ2) is 15.8. The lowest BCUT2D eigenvalue weighted by molar-refractivity contribution is -0.140. The Labute approximate surface area is 274 Å². The van der Waals surface area contributed by atoms with Gasteiger partial charge in [0.15, 0.2) is 0 Å². The molecular formula is C34H35Cl2N3O5S. The average Bonchev–Trinajstić information content (AvgIpc) is 3.04. The fraction of sp³-hybridized carbons (Fsp3) is 0.235. The molecule has 0 aliphatic rings. The monoisotopic (exact) mass is 667 g/mol. The van der Waals surface area contributed by atoms with Crippen LogP contribution >= 0.6 is 23.2 Å². The Morgan fingerprint density at radius 2 is 1.42 bits per heavy atom. The van der Waals surface area contributed by atoms with Crippen molar-refractivity contribution in [2.45, 2.75) is 37.8 Å². The number of carbonyl (C=O) groups is 2. The smallest absolute Gasteiger partial charge is 0.264 e. The molecule has 2 amide bonds. The molecule has 0 fully saturated rings. The van der Waals surface area contributed by atoms with Crippen LogP contribution in [-0.2, 0) is 32.6 Å². The minimum atomic E-state index is -4.27. The highest BCUT2D eigenvalue weighted by molar-refractivity contribution is 7.92. The summed E-state index contributed by atoms with van der Waals surface area (Å²) in [7, 11) is -4.27. The second-order valence-electron chi connectivity index (χ2n) is 10.0. The van der Waals surface area contributed by atoms with Crippen molar-refractivity contribution in [3.63, 3.8) is 0 Å². The van der Waals surface area contributed by atoms with E-state index in [0.717, 1.165) is 9.87 Å². The van der Waals surface area contributed by atoms with E-state index < -0.39 is 34.4 Å². The topological polar surface area (TPSA) is 96.0 Å². The molecule has 0 heterocycles. The van der Waals surface area contributed by atoms with E-state index in [1.807, 2.05) is 30.3 Å². The molecule has 0 aliphatic heterocycles. The van der Waals surface area contributed by atoms with Crippen LogP contribution in [0.25, 0.3) is 0 Å². The molecule has 236 valence electrons. The fourth-order valence-electron chi connectivity index (χ4n) is 4.87. The van der Waals surface area contributed by atoms with Gasteiger partial charge >= 0.3 is 0 Å². The molecule has 0 aromatic heterocycles. The first-order valence-corrected chi connectivity index (χ1v) is 16.7. The highest BCUT2D eigenvalue weighted by Crippen LogP contribution is 2.33. The molecule has 0 saturated carbocycles. The van der Waals surface area contributed by atoms with E-state index in [-0.39, 0.29) is 35.9 Å². The number of hydrogen-bond acceptors (Lipinski definition) is 5. The summed E-state index contributed by atoms with van der Waals surface area (Å²) in [5.41, 5.74) is 1.43. The van der Waals surface area contributed by atoms with Gasteiger partial charge in [0.05, 0.1) is 17.2 Å². The third kappa shape index (κ3) is 8.36. The number of halogens is 2. The van der Waals surface area contributed by atoms with Crippen molar-refractivity contribution in [1.82, 2.24) is 10.2 Å². The number of amides is 2. The van der Waals surface area contributed by atoms with Crippen LogP contribution in [0.3, 0.4) is 0 Å². The summed E-state index contributed by atoms with van der Waals surface area (Å²) in [5.74, 6) is -0.744. The first-order valence-electron chi connectivity index (χ1n) is 14.5. The van der Waals surface area contributed by atoms with Crippen LogP contribution in [0.5, 0.6) is 5.75 Å². The number of ether oxygens (including phenoxy) is 1. The summed E-state index contributed by atoms with van der Waals surface area (Å²) in [6, 6.07) is 27.7. The SMILES string of the molecule is CCNC(=O)[C@@H](Cc1ccccc1)N(Cc1c(Cl)cccc1Cl)C(=O)CN(c1ccccc1OCC)S(=O)(=O)c1ccccc1. The molecule has 4 aromatic carbocycles. The zero-order valence-corrected chi connectivity index (χ0v) is 27.4. The third-order valence-corrected chi connectivity index (χ3v) is 9.54. The van der Waals surface area contributed by atoms with Crippen molar-refractivity contribution in [2.24, 2.45) is 0 Å². The molecule has 0 spiro atoms. The summed E-state index contributed by atoms with van der Waals surface area (Å²) in [5, 5.41) is 3.45. The highest BCUT2D eigenvalue weighted by atomic mass is 35.5. The van der Waals surface area contributed by atoms with Gasteiger partial charge in [0.2, 0.25) is 11.8 Å². The number of sulfonamides is 1. The largest absolute Gasteiger partial charge is 0.492 e. The van der Waals surface area contributed by atoms with Crippen molar-refractivity contribution < 1.29 is 22.7 Å². The van der Waals surface area contributed by atoms with Crippen LogP contribution < -0.4 is 14.4 Å². The fourth-order valence-corrected chi connectivity index (χ4v) is 6.84. The number of para-hydroxylation sites is 2. The minimum Gasteiger partial charge on any atom is -0.492 e. The molecule has 45 heavy (non-hydrogen) atoms. The van der Waals surface area contributed by atoms with Gasteiger partial charge < -0.3 is 15.0 Å². The zero-order valence-electron chi connectivity index (χ0n) is 25.0. The minimum absolute atomic E-state index is 0.00522. The molecular weight excluding hydrogens is 633 g/mol. The van der Waals surface area contributed by atoms with E-state index >= 15 is 0 Å². The average molecular weight is 669 g/mol. The molecule has 1 N–H and O–H groups in total. The number of nitrogens with zero attached hydrogens (tertiary/aromatic N) is 2. The third-order valence-electron chi connectivity index (χ3n) is 7.06. The van der Waals surface area contributed by atoms with Crippen LogP contribution in [0, 0.1) is 0 Å². The summed E-state index contributed by atoms with van der Waals surface area (Å²) >= 11 is 13.1. The Morgan fingerprint density at radius 1 is 0.822 bits per heavy atom. The molecule has 0 radical (unpaired) electrons. The van der Waals surface area contributed by atoms with Gasteiger partial charge in [-0.05, 0) is 55.8 Å². The van der Waals surface area contributed by atoms with Crippen molar-refractivity contribution in [3.05, 3.63) is 124 Å². The molecule has 0 unspecified atom stereocenters. The van der Waals surface area contributed by atoms with Crippen molar-refractivity contribution in [3.8, 4) is 5.75 Å². The number of carbonyl (C=O) groups excluding carboxylic acids is 2. The number of benzene rings is 4. The Kier molecular flexibility index (Phi) is 11.9. The number of rotatable bonds is 14. The first-order chi connectivity index (χ1) is 21.7. The van der Waals surface area contributed by atoms with Crippen LogP contribution in [0.4, 0.5) is 5.69 Å². The van der Waals surface area contributed by atoms with E-state index in [9.17, 15) is 18.0 Å². The molecule has 0 saturated heterocycles. The Hall–Kier alpha value is -4.05. The Morgan fingerprint density at radius 3 is 2.04 bits per heavy atom. The van der Waals surface area contributed by atoms with Gasteiger partial charge in [-0.3, -0.25) is 13.9 Å². The van der Waals surface area contributed by atoms with Crippen LogP contribution in [0.1, 0.15) is 25.0 Å². The molecule has 1 atom stereocenters. The van der Waals surface area contributed by atoms with Crippen LogP contribution in [0.2, 0.25) is 10.0 Å². The highest BCUT2D eigenvalue weighted by Gasteiger charge is 2.36. The number of hydrogen-bond donors (Lipinski definition) is 1. The van der Waals surface area contributed by atoms with Crippen LogP contribution in [-0.4, -0.2) is 50.9 Å². The van der Waals surface area contributed by atoms with Gasteiger partial charge in [-0.1, -0.05) is 89.9 Å². The van der Waals surface area contributed by atoms with Gasteiger partial charge in [-0.2, -0.15) is 0 Å². The summed E-state index contributed by atoms with van der Waals surface area (Å²) < 4.78 is 35.2. The van der Waals surface area contributed by atoms with Gasteiger partial charge in [0.1, 0.15) is 18.3 Å². The van der Waals surface area contributed by atoms with Gasteiger partial charge in [-0.15, -0.1) is 0 Å². The molecule has 4 aromatic rings. The summed E-state index contributed by atoms with van der Waals surface area (Å²) in [4.78, 5) is 29.5. The van der Waals surface area contributed by atoms with Crippen molar-refractivity contribution in [2.75, 3.05) is 24.0 Å². The van der Waals surface area contributed by atoms with E-state index in [1.54, 1.807) is 74.5 Å². The lowest BCUT2D eigenvalue weighted by atomic mass is 10.0. The lowest BCUT2D eigenvalue weighted by Crippen LogP contribution is -2.53. The lowest BCUT2D eigenvalue weighted by Gasteiger charge is -2.34. The van der Waals surface area contributed by atoms with E-state index in [0.29, 0.717) is 22.2 Å². The van der Waals surface area contributed by atoms with Crippen LogP contribution in [0.15, 0.2) is 108 Å². The van der Waals surface area contributed by atoms with Gasteiger partial charge in [-0.25, -0.2) is 8.42 Å². The maximum atomic E-state index is 14.6. The first kappa shape index (κ1) is 33.8. The van der Waals surface area contributed by atoms with Gasteiger partial charge in [0.25, 0.3) is 10.0 Å². The van der Waals surface area contributed by atoms with Crippen molar-refractivity contribution in [1.29, 1.82) is 0 Å². The predicted molar refractivity (Wildman–Crippen MR) is 178 cm³/mol. The standard InChI is InChI=1S/C34H35Cl2N3O5S/c1-3-37-34(41)31(22-25-14-7-5-8-15-25)38(23-27-28(35)18-13-19-29(27)36)33(40)24-39(30-20-11-12-21-32(30)44-4-2)45(42,43)26-16-9-6-10-17-26/h5-21,31H,3-4,22-24H2,1-2H3,(H,37,41)/t31-/m1/s1. The predicted octanol–water partition coefficient (Wildman–Crippen LogP) is 6.36. The molecule has 4 rings (SSSR count). The van der Waals surface area contributed by atoms with E-state index in [4.69, 9.17) is 27.9 Å². The summed E-state index contributed by atoms with van der Waals surface area (Å²) in [6.45, 7) is 3.40. The van der Waals surface area contributed by atoms with Crippen molar-refractivity contribution >= 4 is 50.7 Å². The second-order valence-corrected chi connectivity index (χ2v) is 12.7. The molecule has 0 aliphatic carbocycles. The Bertz CT molecular complexity index is 1690.